The van der Waals surface area contributed by atoms with Crippen molar-refractivity contribution < 1.29 is 0 Å². The van der Waals surface area contributed by atoms with E-state index in [0.717, 1.165) is 17.6 Å². The lowest BCUT2D eigenvalue weighted by Crippen LogP contribution is -2.62. The molecule has 86 valence electrons. The molecule has 1 spiro atoms. The quantitative estimate of drug-likeness (QED) is 0.831. The maximum absolute atomic E-state index is 3.98. The van der Waals surface area contributed by atoms with E-state index in [1.54, 1.807) is 0 Å². The number of hydrogen-bond donors (Lipinski definition) is 1. The second-order valence-corrected chi connectivity index (χ2v) is 6.02. The first-order valence-corrected chi connectivity index (χ1v) is 6.81. The summed E-state index contributed by atoms with van der Waals surface area (Å²) in [6.45, 7) is 8.47. The normalized spacial score (nSPS) is 26.7. The second kappa shape index (κ2) is 4.98. The van der Waals surface area contributed by atoms with Crippen molar-refractivity contribution in [2.24, 2.45) is 0 Å². The van der Waals surface area contributed by atoms with E-state index < -0.39 is 0 Å². The molecule has 3 heteroatoms. The molecule has 1 N–H and O–H groups in total. The Hall–Kier alpha value is 0.140. The highest BCUT2D eigenvalue weighted by Crippen LogP contribution is 2.35. The molecule has 2 aliphatic rings. The molecule has 15 heavy (non-hydrogen) atoms. The lowest BCUT2D eigenvalue weighted by molar-refractivity contribution is 0.0374. The summed E-state index contributed by atoms with van der Waals surface area (Å²) in [6, 6.07) is 0. The Labute approximate surface area is 101 Å². The van der Waals surface area contributed by atoms with Crippen LogP contribution < -0.4 is 5.32 Å². The Kier molecular flexibility index (Phi) is 3.86. The monoisotopic (exact) mass is 272 g/mol. The number of halogens is 1. The van der Waals surface area contributed by atoms with Crippen LogP contribution in [0.1, 0.15) is 32.1 Å². The summed E-state index contributed by atoms with van der Waals surface area (Å²) >= 11 is 3.50. The minimum Gasteiger partial charge on any atom is -0.314 e. The van der Waals surface area contributed by atoms with Gasteiger partial charge in [0, 0.05) is 36.2 Å². The Morgan fingerprint density at radius 3 is 2.73 bits per heavy atom. The number of hydrogen-bond acceptors (Lipinski definition) is 2. The van der Waals surface area contributed by atoms with Crippen molar-refractivity contribution in [3.05, 3.63) is 11.1 Å². The van der Waals surface area contributed by atoms with E-state index in [1.807, 2.05) is 0 Å². The van der Waals surface area contributed by atoms with Crippen LogP contribution in [0.2, 0.25) is 0 Å². The Morgan fingerprint density at radius 2 is 2.07 bits per heavy atom. The van der Waals surface area contributed by atoms with Gasteiger partial charge in [0.2, 0.25) is 0 Å². The van der Waals surface area contributed by atoms with E-state index in [1.165, 1.54) is 45.2 Å². The van der Waals surface area contributed by atoms with Crippen LogP contribution in [0, 0.1) is 0 Å². The molecule has 1 saturated carbocycles. The van der Waals surface area contributed by atoms with Crippen LogP contribution in [0.4, 0.5) is 0 Å². The van der Waals surface area contributed by atoms with Crippen molar-refractivity contribution in [3.63, 3.8) is 0 Å². The van der Waals surface area contributed by atoms with Crippen LogP contribution in [0.3, 0.4) is 0 Å². The fourth-order valence-electron chi connectivity index (χ4n) is 3.04. The minimum absolute atomic E-state index is 0.438. The highest BCUT2D eigenvalue weighted by atomic mass is 79.9. The Bertz CT molecular complexity index is 226. The zero-order chi connectivity index (χ0) is 10.7. The summed E-state index contributed by atoms with van der Waals surface area (Å²) in [4.78, 5) is 2.64. The van der Waals surface area contributed by atoms with Gasteiger partial charge >= 0.3 is 0 Å². The third-order valence-electron chi connectivity index (χ3n) is 3.83. The molecule has 1 aliphatic carbocycles. The van der Waals surface area contributed by atoms with Crippen LogP contribution in [0.25, 0.3) is 0 Å². The van der Waals surface area contributed by atoms with E-state index in [0.29, 0.717) is 5.54 Å². The molecule has 2 rings (SSSR count). The maximum Gasteiger partial charge on any atom is 0.0338 e. The molecule has 1 aliphatic heterocycles. The van der Waals surface area contributed by atoms with Gasteiger partial charge in [-0.15, -0.1) is 0 Å². The van der Waals surface area contributed by atoms with Crippen molar-refractivity contribution in [2.45, 2.75) is 37.6 Å². The fraction of sp³-hybridized carbons (Fsp3) is 0.833. The van der Waals surface area contributed by atoms with Gasteiger partial charge in [0.05, 0.1) is 0 Å². The van der Waals surface area contributed by atoms with E-state index in [-0.39, 0.29) is 0 Å². The summed E-state index contributed by atoms with van der Waals surface area (Å²) in [5.41, 5.74) is 0.438. The molecule has 0 amide bonds. The molecule has 0 bridgehead atoms. The zero-order valence-corrected chi connectivity index (χ0v) is 11.0. The van der Waals surface area contributed by atoms with Gasteiger partial charge in [0.15, 0.2) is 0 Å². The average Bonchev–Trinajstić information content (AvgIpc) is 2.23. The Balaban J connectivity index is 2.06. The third kappa shape index (κ3) is 2.63. The van der Waals surface area contributed by atoms with Crippen LogP contribution in [-0.4, -0.2) is 36.6 Å². The van der Waals surface area contributed by atoms with Gasteiger partial charge in [0.1, 0.15) is 0 Å². The largest absolute Gasteiger partial charge is 0.314 e. The first kappa shape index (κ1) is 11.6. The van der Waals surface area contributed by atoms with Crippen LogP contribution in [0.15, 0.2) is 11.1 Å². The SMILES string of the molecule is C=C(Br)CN1CCNCC12CCCCC2. The molecule has 0 radical (unpaired) electrons. The van der Waals surface area contributed by atoms with Gasteiger partial charge < -0.3 is 5.32 Å². The summed E-state index contributed by atoms with van der Waals surface area (Å²) in [7, 11) is 0. The van der Waals surface area contributed by atoms with Crippen LogP contribution in [-0.2, 0) is 0 Å². The highest BCUT2D eigenvalue weighted by Gasteiger charge is 2.39. The van der Waals surface area contributed by atoms with Gasteiger partial charge in [0.25, 0.3) is 0 Å². The first-order valence-electron chi connectivity index (χ1n) is 6.02. The van der Waals surface area contributed by atoms with Gasteiger partial charge in [-0.25, -0.2) is 0 Å². The summed E-state index contributed by atoms with van der Waals surface area (Å²) in [5.74, 6) is 0. The second-order valence-electron chi connectivity index (χ2n) is 4.90. The van der Waals surface area contributed by atoms with Gasteiger partial charge in [-0.05, 0) is 12.8 Å². The molecule has 2 fully saturated rings. The fourth-order valence-corrected chi connectivity index (χ4v) is 3.34. The predicted octanol–water partition coefficient (Wildman–Crippen LogP) is 2.50. The Morgan fingerprint density at radius 1 is 1.33 bits per heavy atom. The van der Waals surface area contributed by atoms with Crippen molar-refractivity contribution in [1.82, 2.24) is 10.2 Å². The van der Waals surface area contributed by atoms with Crippen molar-refractivity contribution in [2.75, 3.05) is 26.2 Å². The van der Waals surface area contributed by atoms with E-state index in [9.17, 15) is 0 Å². The molecule has 0 aromatic rings. The molecular weight excluding hydrogens is 252 g/mol. The molecule has 1 saturated heterocycles. The standard InChI is InChI=1S/C12H21BrN2/c1-11(13)9-15-8-7-14-10-12(15)5-3-2-4-6-12/h14H,1-10H2. The smallest absolute Gasteiger partial charge is 0.0338 e. The highest BCUT2D eigenvalue weighted by molar-refractivity contribution is 9.11. The minimum atomic E-state index is 0.438. The average molecular weight is 273 g/mol. The van der Waals surface area contributed by atoms with Gasteiger partial charge in [-0.1, -0.05) is 41.8 Å². The van der Waals surface area contributed by atoms with Crippen molar-refractivity contribution in [3.8, 4) is 0 Å². The lowest BCUT2D eigenvalue weighted by Gasteiger charge is -2.50. The third-order valence-corrected chi connectivity index (χ3v) is 4.08. The number of nitrogens with one attached hydrogen (secondary N) is 1. The predicted molar refractivity (Wildman–Crippen MR) is 68.3 cm³/mol. The lowest BCUT2D eigenvalue weighted by atomic mass is 9.79. The van der Waals surface area contributed by atoms with Crippen molar-refractivity contribution >= 4 is 15.9 Å². The molecule has 1 heterocycles. The molecule has 0 aromatic heterocycles. The number of rotatable bonds is 2. The zero-order valence-electron chi connectivity index (χ0n) is 9.40. The molecule has 0 unspecified atom stereocenters. The molecule has 2 nitrogen and oxygen atoms in total. The van der Waals surface area contributed by atoms with Crippen LogP contribution in [0.5, 0.6) is 0 Å². The van der Waals surface area contributed by atoms with E-state index >= 15 is 0 Å². The topological polar surface area (TPSA) is 15.3 Å². The first-order chi connectivity index (χ1) is 7.23. The van der Waals surface area contributed by atoms with E-state index in [2.05, 4.69) is 32.7 Å². The summed E-state index contributed by atoms with van der Waals surface area (Å²) in [6.07, 6.45) is 6.94. The summed E-state index contributed by atoms with van der Waals surface area (Å²) < 4.78 is 1.12. The maximum atomic E-state index is 3.98. The van der Waals surface area contributed by atoms with Gasteiger partial charge in [-0.3, -0.25) is 4.90 Å². The number of piperazine rings is 1. The van der Waals surface area contributed by atoms with Gasteiger partial charge in [-0.2, -0.15) is 0 Å². The summed E-state index contributed by atoms with van der Waals surface area (Å²) in [5, 5.41) is 3.56. The van der Waals surface area contributed by atoms with Crippen LogP contribution >= 0.6 is 15.9 Å². The van der Waals surface area contributed by atoms with E-state index in [4.69, 9.17) is 0 Å². The van der Waals surface area contributed by atoms with Crippen molar-refractivity contribution in [1.29, 1.82) is 0 Å². The molecule has 0 aromatic carbocycles. The number of nitrogens with zero attached hydrogens (tertiary/aromatic N) is 1. The molecule has 0 atom stereocenters. The molecular formula is C12H21BrN2.